The van der Waals surface area contributed by atoms with E-state index in [0.29, 0.717) is 49.2 Å². The molecule has 4 rings (SSSR count). The zero-order chi connectivity index (χ0) is 17.9. The molecule has 1 saturated heterocycles. The number of nitrogens with zero attached hydrogens (tertiary/aromatic N) is 1. The molecular formula is C19H20N2O5. The number of carbonyl (C=O) groups is 2. The maximum atomic E-state index is 12.6. The highest BCUT2D eigenvalue weighted by atomic mass is 16.5. The first-order valence-electron chi connectivity index (χ1n) is 8.70. The van der Waals surface area contributed by atoms with Crippen LogP contribution in [0.4, 0.5) is 5.69 Å². The van der Waals surface area contributed by atoms with Gasteiger partial charge in [0, 0.05) is 31.1 Å². The van der Waals surface area contributed by atoms with E-state index in [-0.39, 0.29) is 24.2 Å². The Kier molecular flexibility index (Phi) is 4.51. The van der Waals surface area contributed by atoms with Crippen LogP contribution in [0.25, 0.3) is 0 Å². The van der Waals surface area contributed by atoms with Gasteiger partial charge in [0.25, 0.3) is 0 Å². The smallest absolute Gasteiger partial charge is 0.229 e. The van der Waals surface area contributed by atoms with Crippen LogP contribution < -0.4 is 14.8 Å². The quantitative estimate of drug-likeness (QED) is 0.910. The predicted molar refractivity (Wildman–Crippen MR) is 92.9 cm³/mol. The highest BCUT2D eigenvalue weighted by Crippen LogP contribution is 2.32. The number of ether oxygens (including phenoxy) is 2. The maximum Gasteiger partial charge on any atom is 0.229 e. The lowest BCUT2D eigenvalue weighted by atomic mass is 10.1. The van der Waals surface area contributed by atoms with Gasteiger partial charge in [-0.2, -0.15) is 0 Å². The number of anilines is 1. The molecule has 7 heteroatoms. The Morgan fingerprint density at radius 1 is 1.19 bits per heavy atom. The van der Waals surface area contributed by atoms with Crippen LogP contribution in [0.15, 0.2) is 41.0 Å². The number of hydrogen-bond donors (Lipinski definition) is 1. The lowest BCUT2D eigenvalue weighted by Gasteiger charge is -2.15. The Labute approximate surface area is 150 Å². The molecule has 2 aliphatic heterocycles. The van der Waals surface area contributed by atoms with Gasteiger partial charge in [-0.05, 0) is 24.3 Å². The van der Waals surface area contributed by atoms with Gasteiger partial charge in [0.05, 0.1) is 31.9 Å². The van der Waals surface area contributed by atoms with Crippen molar-refractivity contribution >= 4 is 17.5 Å². The van der Waals surface area contributed by atoms with Crippen LogP contribution in [0.1, 0.15) is 18.6 Å². The zero-order valence-corrected chi connectivity index (χ0v) is 14.3. The van der Waals surface area contributed by atoms with Crippen molar-refractivity contribution in [3.05, 3.63) is 42.4 Å². The lowest BCUT2D eigenvalue weighted by Crippen LogP contribution is -2.27. The van der Waals surface area contributed by atoms with Crippen LogP contribution in [0.2, 0.25) is 0 Å². The Morgan fingerprint density at radius 3 is 2.85 bits per heavy atom. The molecule has 136 valence electrons. The SMILES string of the molecule is O=C(Nc1ccc2c(c1)OCCCO2)C1CC(=O)N(Cc2ccco2)C1. The van der Waals surface area contributed by atoms with E-state index in [1.54, 1.807) is 35.4 Å². The van der Waals surface area contributed by atoms with E-state index in [4.69, 9.17) is 13.9 Å². The molecule has 3 heterocycles. The number of carbonyl (C=O) groups excluding carboxylic acids is 2. The molecule has 0 radical (unpaired) electrons. The molecule has 1 aromatic carbocycles. The second-order valence-corrected chi connectivity index (χ2v) is 6.46. The Bertz CT molecular complexity index is 802. The molecule has 0 saturated carbocycles. The minimum atomic E-state index is -0.381. The summed E-state index contributed by atoms with van der Waals surface area (Å²) in [7, 11) is 0. The third-order valence-corrected chi connectivity index (χ3v) is 4.53. The fourth-order valence-electron chi connectivity index (χ4n) is 3.18. The molecule has 2 aromatic rings. The average Bonchev–Trinajstić information content (AvgIpc) is 3.20. The van der Waals surface area contributed by atoms with Crippen molar-refractivity contribution in [3.63, 3.8) is 0 Å². The number of hydrogen-bond acceptors (Lipinski definition) is 5. The summed E-state index contributed by atoms with van der Waals surface area (Å²) in [5.74, 6) is 1.43. The molecule has 1 fully saturated rings. The summed E-state index contributed by atoms with van der Waals surface area (Å²) >= 11 is 0. The van der Waals surface area contributed by atoms with Crippen molar-refractivity contribution in [3.8, 4) is 11.5 Å². The monoisotopic (exact) mass is 356 g/mol. The summed E-state index contributed by atoms with van der Waals surface area (Å²) in [6, 6.07) is 8.93. The normalized spacial score (nSPS) is 19.3. The molecule has 1 unspecified atom stereocenters. The molecule has 0 aliphatic carbocycles. The Morgan fingerprint density at radius 2 is 2.04 bits per heavy atom. The van der Waals surface area contributed by atoms with Crippen LogP contribution >= 0.6 is 0 Å². The predicted octanol–water partition coefficient (Wildman–Crippen LogP) is 2.43. The van der Waals surface area contributed by atoms with Crippen molar-refractivity contribution < 1.29 is 23.5 Å². The van der Waals surface area contributed by atoms with Gasteiger partial charge in [0.15, 0.2) is 11.5 Å². The first kappa shape index (κ1) is 16.5. The average molecular weight is 356 g/mol. The number of furan rings is 1. The zero-order valence-electron chi connectivity index (χ0n) is 14.3. The number of fused-ring (bicyclic) bond motifs is 1. The Balaban J connectivity index is 1.39. The van der Waals surface area contributed by atoms with E-state index in [1.807, 2.05) is 6.07 Å². The molecule has 1 N–H and O–H groups in total. The molecule has 1 aromatic heterocycles. The number of rotatable bonds is 4. The standard InChI is InChI=1S/C19H20N2O5/c22-18-9-13(11-21(18)12-15-3-1-6-24-15)19(23)20-14-4-5-16-17(10-14)26-8-2-7-25-16/h1,3-6,10,13H,2,7-9,11-12H2,(H,20,23). The second-order valence-electron chi connectivity index (χ2n) is 6.46. The summed E-state index contributed by atoms with van der Waals surface area (Å²) in [5, 5.41) is 2.88. The van der Waals surface area contributed by atoms with Crippen LogP contribution in [-0.2, 0) is 16.1 Å². The van der Waals surface area contributed by atoms with Crippen molar-refractivity contribution in [1.29, 1.82) is 0 Å². The fraction of sp³-hybridized carbons (Fsp3) is 0.368. The second kappa shape index (κ2) is 7.11. The first-order valence-corrected chi connectivity index (χ1v) is 8.70. The van der Waals surface area contributed by atoms with E-state index in [1.165, 1.54) is 0 Å². The molecule has 0 bridgehead atoms. The van der Waals surface area contributed by atoms with Crippen molar-refractivity contribution in [2.45, 2.75) is 19.4 Å². The summed E-state index contributed by atoms with van der Waals surface area (Å²) in [6.45, 7) is 1.98. The number of likely N-dealkylation sites (tertiary alicyclic amines) is 1. The van der Waals surface area contributed by atoms with Crippen LogP contribution in [-0.4, -0.2) is 36.5 Å². The molecule has 2 amide bonds. The molecule has 7 nitrogen and oxygen atoms in total. The highest BCUT2D eigenvalue weighted by Gasteiger charge is 2.34. The summed E-state index contributed by atoms with van der Waals surface area (Å²) in [5.41, 5.74) is 0.635. The van der Waals surface area contributed by atoms with Gasteiger partial charge < -0.3 is 24.1 Å². The summed E-state index contributed by atoms with van der Waals surface area (Å²) in [4.78, 5) is 26.4. The minimum Gasteiger partial charge on any atom is -0.490 e. The van der Waals surface area contributed by atoms with Gasteiger partial charge in [-0.25, -0.2) is 0 Å². The van der Waals surface area contributed by atoms with Gasteiger partial charge >= 0.3 is 0 Å². The topological polar surface area (TPSA) is 81.0 Å². The van der Waals surface area contributed by atoms with E-state index < -0.39 is 0 Å². The fourth-order valence-corrected chi connectivity index (χ4v) is 3.18. The molecular weight excluding hydrogens is 336 g/mol. The number of benzene rings is 1. The first-order chi connectivity index (χ1) is 12.7. The van der Waals surface area contributed by atoms with Gasteiger partial charge in [-0.1, -0.05) is 0 Å². The van der Waals surface area contributed by atoms with Crippen molar-refractivity contribution in [2.75, 3.05) is 25.1 Å². The lowest BCUT2D eigenvalue weighted by molar-refractivity contribution is -0.128. The molecule has 1 atom stereocenters. The maximum absolute atomic E-state index is 12.6. The van der Waals surface area contributed by atoms with Gasteiger partial charge in [-0.3, -0.25) is 9.59 Å². The van der Waals surface area contributed by atoms with E-state index in [0.717, 1.165) is 6.42 Å². The third kappa shape index (κ3) is 3.51. The van der Waals surface area contributed by atoms with Gasteiger partial charge in [0.2, 0.25) is 11.8 Å². The van der Waals surface area contributed by atoms with Crippen LogP contribution in [0, 0.1) is 5.92 Å². The van der Waals surface area contributed by atoms with E-state index in [9.17, 15) is 9.59 Å². The minimum absolute atomic E-state index is 0.0415. The number of nitrogens with one attached hydrogen (secondary N) is 1. The highest BCUT2D eigenvalue weighted by molar-refractivity contribution is 5.97. The largest absolute Gasteiger partial charge is 0.490 e. The molecule has 26 heavy (non-hydrogen) atoms. The Hall–Kier alpha value is -2.96. The molecule has 2 aliphatic rings. The number of amides is 2. The summed E-state index contributed by atoms with van der Waals surface area (Å²) in [6.07, 6.45) is 2.60. The van der Waals surface area contributed by atoms with Gasteiger partial charge in [0.1, 0.15) is 5.76 Å². The molecule has 0 spiro atoms. The van der Waals surface area contributed by atoms with Crippen LogP contribution in [0.5, 0.6) is 11.5 Å². The summed E-state index contributed by atoms with van der Waals surface area (Å²) < 4.78 is 16.5. The van der Waals surface area contributed by atoms with Crippen LogP contribution in [0.3, 0.4) is 0 Å². The van der Waals surface area contributed by atoms with Crippen molar-refractivity contribution in [2.24, 2.45) is 5.92 Å². The van der Waals surface area contributed by atoms with E-state index >= 15 is 0 Å². The third-order valence-electron chi connectivity index (χ3n) is 4.53. The van der Waals surface area contributed by atoms with Crippen molar-refractivity contribution in [1.82, 2.24) is 4.90 Å². The van der Waals surface area contributed by atoms with E-state index in [2.05, 4.69) is 5.32 Å². The van der Waals surface area contributed by atoms with Gasteiger partial charge in [-0.15, -0.1) is 0 Å².